The molecule has 2 rings (SSSR count). The van der Waals surface area contributed by atoms with E-state index in [1.807, 2.05) is 37.3 Å². The quantitative estimate of drug-likeness (QED) is 0.723. The molecule has 0 saturated carbocycles. The molecule has 26 heavy (non-hydrogen) atoms. The molecule has 2 N–H and O–H groups in total. The first-order valence-corrected chi connectivity index (χ1v) is 8.30. The lowest BCUT2D eigenvalue weighted by Crippen LogP contribution is -2.43. The Morgan fingerprint density at radius 3 is 2.50 bits per heavy atom. The molecule has 1 atom stereocenters. The minimum absolute atomic E-state index is 0. The fourth-order valence-electron chi connectivity index (χ4n) is 2.60. The molecule has 0 aliphatic heterocycles. The molecule has 1 aromatic carbocycles. The Hall–Kier alpha value is -2.38. The molecule has 1 heterocycles. The molecule has 142 valence electrons. The summed E-state index contributed by atoms with van der Waals surface area (Å²) < 4.78 is 1.64. The van der Waals surface area contributed by atoms with Gasteiger partial charge >= 0.3 is 0 Å². The number of amides is 2. The topological polar surface area (TPSA) is 79.3 Å². The standard InChI is InChI=1S/C18H25N5O2.ClH/c1-4-23(12-14-8-6-5-7-9-14)16(24)11-20-18(25)17(19-2)15-10-21-22(3)13-15;/h5-10,13,17,19H,4,11-12H2,1-3H3,(H,20,25);1H. The number of nitrogens with one attached hydrogen (secondary N) is 2. The number of nitrogens with zero attached hydrogens (tertiary/aromatic N) is 3. The number of halogens is 1. The van der Waals surface area contributed by atoms with Gasteiger partial charge in [0.15, 0.2) is 0 Å². The molecule has 0 fully saturated rings. The first-order valence-electron chi connectivity index (χ1n) is 8.30. The van der Waals surface area contributed by atoms with Crippen molar-refractivity contribution >= 4 is 24.2 Å². The van der Waals surface area contributed by atoms with Gasteiger partial charge < -0.3 is 15.5 Å². The Labute approximate surface area is 160 Å². The van der Waals surface area contributed by atoms with Crippen molar-refractivity contribution in [3.8, 4) is 0 Å². The third-order valence-electron chi connectivity index (χ3n) is 3.97. The zero-order valence-corrected chi connectivity index (χ0v) is 16.1. The van der Waals surface area contributed by atoms with E-state index in [2.05, 4.69) is 15.7 Å². The molecule has 7 nitrogen and oxygen atoms in total. The first-order chi connectivity index (χ1) is 12.0. The number of carbonyl (C=O) groups is 2. The highest BCUT2D eigenvalue weighted by molar-refractivity contribution is 5.88. The molecule has 1 unspecified atom stereocenters. The van der Waals surface area contributed by atoms with Crippen LogP contribution in [0, 0.1) is 0 Å². The van der Waals surface area contributed by atoms with Crippen molar-refractivity contribution in [3.05, 3.63) is 53.9 Å². The Bertz CT molecular complexity index is 705. The van der Waals surface area contributed by atoms with Crippen molar-refractivity contribution in [2.24, 2.45) is 7.05 Å². The van der Waals surface area contributed by atoms with Gasteiger partial charge in [0.25, 0.3) is 0 Å². The van der Waals surface area contributed by atoms with Crippen molar-refractivity contribution in [1.82, 2.24) is 25.3 Å². The van der Waals surface area contributed by atoms with E-state index in [-0.39, 0.29) is 30.8 Å². The maximum absolute atomic E-state index is 12.4. The van der Waals surface area contributed by atoms with E-state index in [0.717, 1.165) is 11.1 Å². The highest BCUT2D eigenvalue weighted by Crippen LogP contribution is 2.11. The van der Waals surface area contributed by atoms with Crippen molar-refractivity contribution in [2.45, 2.75) is 19.5 Å². The van der Waals surface area contributed by atoms with E-state index in [4.69, 9.17) is 0 Å². The minimum atomic E-state index is -0.536. The van der Waals surface area contributed by atoms with Crippen LogP contribution in [0.2, 0.25) is 0 Å². The summed E-state index contributed by atoms with van der Waals surface area (Å²) >= 11 is 0. The number of rotatable bonds is 8. The largest absolute Gasteiger partial charge is 0.345 e. The molecule has 0 radical (unpaired) electrons. The Kier molecular flexibility index (Phi) is 8.81. The second-order valence-electron chi connectivity index (χ2n) is 5.78. The van der Waals surface area contributed by atoms with Crippen LogP contribution in [-0.2, 0) is 23.2 Å². The Morgan fingerprint density at radius 1 is 1.27 bits per heavy atom. The van der Waals surface area contributed by atoms with E-state index in [0.29, 0.717) is 13.1 Å². The maximum Gasteiger partial charge on any atom is 0.242 e. The molecule has 0 spiro atoms. The zero-order chi connectivity index (χ0) is 18.2. The molecule has 0 bridgehead atoms. The lowest BCUT2D eigenvalue weighted by molar-refractivity contribution is -0.133. The molecule has 0 saturated heterocycles. The van der Waals surface area contributed by atoms with Crippen LogP contribution in [0.5, 0.6) is 0 Å². The third kappa shape index (κ3) is 5.86. The van der Waals surface area contributed by atoms with Crippen LogP contribution >= 0.6 is 12.4 Å². The van der Waals surface area contributed by atoms with Gasteiger partial charge in [-0.15, -0.1) is 12.4 Å². The third-order valence-corrected chi connectivity index (χ3v) is 3.97. The van der Waals surface area contributed by atoms with Crippen LogP contribution in [-0.4, -0.2) is 46.6 Å². The Morgan fingerprint density at radius 2 is 1.96 bits per heavy atom. The molecule has 0 aliphatic rings. The first kappa shape index (κ1) is 21.7. The lowest BCUT2D eigenvalue weighted by atomic mass is 10.1. The number of carbonyl (C=O) groups excluding carboxylic acids is 2. The predicted octanol–water partition coefficient (Wildman–Crippen LogP) is 1.27. The average Bonchev–Trinajstić information content (AvgIpc) is 3.05. The fraction of sp³-hybridized carbons (Fsp3) is 0.389. The zero-order valence-electron chi connectivity index (χ0n) is 15.3. The molecule has 0 aliphatic carbocycles. The second kappa shape index (κ2) is 10.6. The molecule has 8 heteroatoms. The number of aromatic nitrogens is 2. The number of likely N-dealkylation sites (N-methyl/N-ethyl adjacent to an activating group) is 2. The number of hydrogen-bond donors (Lipinski definition) is 2. The summed E-state index contributed by atoms with van der Waals surface area (Å²) in [6.07, 6.45) is 3.41. The van der Waals surface area contributed by atoms with Crippen molar-refractivity contribution in [3.63, 3.8) is 0 Å². The fourth-order valence-corrected chi connectivity index (χ4v) is 2.60. The average molecular weight is 380 g/mol. The van der Waals surface area contributed by atoms with E-state index >= 15 is 0 Å². The summed E-state index contributed by atoms with van der Waals surface area (Å²) in [7, 11) is 3.49. The highest BCUT2D eigenvalue weighted by Gasteiger charge is 2.21. The van der Waals surface area contributed by atoms with Crippen molar-refractivity contribution in [1.29, 1.82) is 0 Å². The summed E-state index contributed by atoms with van der Waals surface area (Å²) in [5.74, 6) is -0.361. The van der Waals surface area contributed by atoms with Gasteiger partial charge in [-0.05, 0) is 19.5 Å². The van der Waals surface area contributed by atoms with Gasteiger partial charge in [-0.2, -0.15) is 5.10 Å². The van der Waals surface area contributed by atoms with Crippen LogP contribution in [0.4, 0.5) is 0 Å². The van der Waals surface area contributed by atoms with Gasteiger partial charge in [0.2, 0.25) is 11.8 Å². The summed E-state index contributed by atoms with van der Waals surface area (Å²) in [5.41, 5.74) is 1.82. The van der Waals surface area contributed by atoms with Gasteiger partial charge in [-0.25, -0.2) is 0 Å². The SMILES string of the molecule is CCN(Cc1ccccc1)C(=O)CNC(=O)C(NC)c1cnn(C)c1.Cl. The second-order valence-corrected chi connectivity index (χ2v) is 5.78. The number of hydrogen-bond acceptors (Lipinski definition) is 4. The normalized spacial score (nSPS) is 11.3. The van der Waals surface area contributed by atoms with Gasteiger partial charge in [-0.1, -0.05) is 30.3 Å². The summed E-state index contributed by atoms with van der Waals surface area (Å²) in [6.45, 7) is 3.01. The minimum Gasteiger partial charge on any atom is -0.345 e. The van der Waals surface area contributed by atoms with E-state index < -0.39 is 6.04 Å². The molecule has 2 amide bonds. The van der Waals surface area contributed by atoms with Gasteiger partial charge in [0, 0.05) is 31.9 Å². The maximum atomic E-state index is 12.4. The van der Waals surface area contributed by atoms with E-state index in [9.17, 15) is 9.59 Å². The molecular weight excluding hydrogens is 354 g/mol. The summed E-state index contributed by atoms with van der Waals surface area (Å²) in [6, 6.07) is 9.26. The predicted molar refractivity (Wildman–Crippen MR) is 103 cm³/mol. The van der Waals surface area contributed by atoms with Gasteiger partial charge in [0.1, 0.15) is 6.04 Å². The monoisotopic (exact) mass is 379 g/mol. The number of benzene rings is 1. The van der Waals surface area contributed by atoms with Crippen molar-refractivity contribution in [2.75, 3.05) is 20.1 Å². The molecular formula is C18H26ClN5O2. The van der Waals surface area contributed by atoms with Crippen LogP contribution < -0.4 is 10.6 Å². The smallest absolute Gasteiger partial charge is 0.242 e. The summed E-state index contributed by atoms with van der Waals surface area (Å²) in [5, 5.41) is 9.73. The highest BCUT2D eigenvalue weighted by atomic mass is 35.5. The van der Waals surface area contributed by atoms with Crippen LogP contribution in [0.15, 0.2) is 42.7 Å². The van der Waals surface area contributed by atoms with Crippen LogP contribution in [0.25, 0.3) is 0 Å². The molecule has 2 aromatic rings. The Balaban J connectivity index is 0.00000338. The van der Waals surface area contributed by atoms with E-state index in [1.165, 1.54) is 0 Å². The lowest BCUT2D eigenvalue weighted by Gasteiger charge is -2.22. The van der Waals surface area contributed by atoms with Crippen LogP contribution in [0.1, 0.15) is 24.1 Å². The van der Waals surface area contributed by atoms with Crippen molar-refractivity contribution < 1.29 is 9.59 Å². The van der Waals surface area contributed by atoms with Gasteiger partial charge in [-0.3, -0.25) is 14.3 Å². The van der Waals surface area contributed by atoms with Crippen LogP contribution in [0.3, 0.4) is 0 Å². The molecule has 1 aromatic heterocycles. The number of aryl methyl sites for hydroxylation is 1. The van der Waals surface area contributed by atoms with E-state index in [1.54, 1.807) is 36.1 Å². The van der Waals surface area contributed by atoms with Gasteiger partial charge in [0.05, 0.1) is 12.7 Å². The summed E-state index contributed by atoms with van der Waals surface area (Å²) in [4.78, 5) is 26.5.